The van der Waals surface area contributed by atoms with E-state index in [2.05, 4.69) is 19.2 Å². The normalized spacial score (nSPS) is 10.9. The van der Waals surface area contributed by atoms with Crippen molar-refractivity contribution in [2.45, 2.75) is 51.6 Å². The molecule has 100 valence electrons. The summed E-state index contributed by atoms with van der Waals surface area (Å²) in [6, 6.07) is 2.41. The van der Waals surface area contributed by atoms with Gasteiger partial charge in [-0.3, -0.25) is 0 Å². The van der Waals surface area contributed by atoms with Gasteiger partial charge in [-0.2, -0.15) is 0 Å². The molecule has 0 aliphatic carbocycles. The fraction of sp³-hybridized carbons (Fsp3) is 1.00. The van der Waals surface area contributed by atoms with Gasteiger partial charge in [0.15, 0.2) is 0 Å². The van der Waals surface area contributed by atoms with Crippen molar-refractivity contribution in [2.24, 2.45) is 0 Å². The average molecular weight is 274 g/mol. The summed E-state index contributed by atoms with van der Waals surface area (Å²) in [4.78, 5) is 0. The molecule has 0 rings (SSSR count). The number of nitrogens with one attached hydrogen (secondary N) is 1. The van der Waals surface area contributed by atoms with Crippen LogP contribution in [0.4, 0.5) is 0 Å². The first-order valence-corrected chi connectivity index (χ1v) is 9.04. The highest BCUT2D eigenvalue weighted by molar-refractivity contribution is 6.27. The van der Waals surface area contributed by atoms with Gasteiger partial charge < -0.3 is 14.2 Å². The van der Waals surface area contributed by atoms with Crippen LogP contribution in [0.15, 0.2) is 0 Å². The van der Waals surface area contributed by atoms with E-state index in [9.17, 15) is 0 Å². The quantitative estimate of drug-likeness (QED) is 0.389. The van der Waals surface area contributed by atoms with Crippen molar-refractivity contribution in [1.29, 1.82) is 0 Å². The second kappa shape index (κ2) is 16.3. The Morgan fingerprint density at radius 3 is 1.71 bits per heavy atom. The molecule has 0 amide bonds. The zero-order valence-corrected chi connectivity index (χ0v) is 13.4. The molecule has 0 spiro atoms. The summed E-state index contributed by atoms with van der Waals surface area (Å²) in [5, 5.41) is 3.46. The Balaban J connectivity index is 2.85. The van der Waals surface area contributed by atoms with Crippen LogP contribution in [0.25, 0.3) is 0 Å². The minimum Gasteiger partial charge on any atom is -0.417 e. The summed E-state index contributed by atoms with van der Waals surface area (Å²) in [7, 11) is 1.38. The average Bonchev–Trinajstić information content (AvgIpc) is 2.35. The lowest BCUT2D eigenvalue weighted by Gasteiger charge is -2.04. The SMILES string of the molecule is CCCO[Si]CCCNCCC[Si]OCCC. The second-order valence-corrected chi connectivity index (χ2v) is 6.10. The maximum atomic E-state index is 5.45. The molecule has 0 heterocycles. The molecule has 0 atom stereocenters. The molecule has 0 fully saturated rings. The van der Waals surface area contributed by atoms with Crippen LogP contribution in [0.5, 0.6) is 0 Å². The van der Waals surface area contributed by atoms with Crippen LogP contribution in [-0.2, 0) is 8.85 Å². The Labute approximate surface area is 112 Å². The van der Waals surface area contributed by atoms with Gasteiger partial charge in [0.2, 0.25) is 19.5 Å². The highest BCUT2D eigenvalue weighted by Crippen LogP contribution is 1.91. The molecule has 0 aromatic heterocycles. The summed E-state index contributed by atoms with van der Waals surface area (Å²) in [5.74, 6) is 0. The summed E-state index contributed by atoms with van der Waals surface area (Å²) >= 11 is 0. The maximum Gasteiger partial charge on any atom is 0.229 e. The van der Waals surface area contributed by atoms with Crippen molar-refractivity contribution in [1.82, 2.24) is 5.32 Å². The Hall–Kier alpha value is 0.314. The van der Waals surface area contributed by atoms with Crippen LogP contribution < -0.4 is 5.32 Å². The van der Waals surface area contributed by atoms with E-state index < -0.39 is 0 Å². The monoisotopic (exact) mass is 273 g/mol. The third-order valence-electron chi connectivity index (χ3n) is 2.08. The second-order valence-electron chi connectivity index (χ2n) is 3.94. The molecule has 0 saturated heterocycles. The molecule has 0 aromatic carbocycles. The predicted octanol–water partition coefficient (Wildman–Crippen LogP) is 2.28. The van der Waals surface area contributed by atoms with Crippen LogP contribution in [0, 0.1) is 0 Å². The van der Waals surface area contributed by atoms with Crippen LogP contribution in [0.3, 0.4) is 0 Å². The van der Waals surface area contributed by atoms with Crippen LogP contribution >= 0.6 is 0 Å². The lowest BCUT2D eigenvalue weighted by Crippen LogP contribution is -2.18. The summed E-state index contributed by atoms with van der Waals surface area (Å²) < 4.78 is 10.9. The van der Waals surface area contributed by atoms with Crippen LogP contribution in [0.1, 0.15) is 39.5 Å². The number of hydrogen-bond acceptors (Lipinski definition) is 3. The van der Waals surface area contributed by atoms with E-state index in [-0.39, 0.29) is 0 Å². The van der Waals surface area contributed by atoms with Crippen molar-refractivity contribution in [3.63, 3.8) is 0 Å². The van der Waals surface area contributed by atoms with Crippen molar-refractivity contribution in [3.05, 3.63) is 0 Å². The molecular formula is C12H27NO2Si2. The van der Waals surface area contributed by atoms with Crippen molar-refractivity contribution < 1.29 is 8.85 Å². The molecule has 0 unspecified atom stereocenters. The third kappa shape index (κ3) is 16.3. The molecule has 17 heavy (non-hydrogen) atoms. The smallest absolute Gasteiger partial charge is 0.229 e. The van der Waals surface area contributed by atoms with E-state index >= 15 is 0 Å². The van der Waals surface area contributed by atoms with Gasteiger partial charge in [-0.15, -0.1) is 0 Å². The molecule has 5 heteroatoms. The maximum absolute atomic E-state index is 5.45. The zero-order valence-electron chi connectivity index (χ0n) is 11.4. The first kappa shape index (κ1) is 17.3. The molecule has 0 aliphatic rings. The first-order valence-electron chi connectivity index (χ1n) is 6.81. The topological polar surface area (TPSA) is 30.5 Å². The zero-order chi connectivity index (χ0) is 12.6. The Morgan fingerprint density at radius 2 is 1.29 bits per heavy atom. The Morgan fingerprint density at radius 1 is 0.824 bits per heavy atom. The first-order chi connectivity index (χ1) is 8.41. The highest BCUT2D eigenvalue weighted by atomic mass is 28.2. The van der Waals surface area contributed by atoms with Gasteiger partial charge in [0.25, 0.3) is 0 Å². The number of hydrogen-bond donors (Lipinski definition) is 1. The minimum atomic E-state index is 0.692. The van der Waals surface area contributed by atoms with Crippen LogP contribution in [-0.4, -0.2) is 45.8 Å². The summed E-state index contributed by atoms with van der Waals surface area (Å²) in [6.07, 6.45) is 4.73. The van der Waals surface area contributed by atoms with Crippen molar-refractivity contribution in [2.75, 3.05) is 26.3 Å². The van der Waals surface area contributed by atoms with E-state index in [1.54, 1.807) is 0 Å². The van der Waals surface area contributed by atoms with Gasteiger partial charge in [0.05, 0.1) is 0 Å². The highest BCUT2D eigenvalue weighted by Gasteiger charge is 1.94. The largest absolute Gasteiger partial charge is 0.417 e. The predicted molar refractivity (Wildman–Crippen MR) is 75.7 cm³/mol. The molecule has 1 N–H and O–H groups in total. The molecular weight excluding hydrogens is 246 g/mol. The standard InChI is InChI=1S/C12H27NO2Si2/c1-3-9-14-16-11-5-7-13-8-6-12-17-15-10-4-2/h13H,3-12H2,1-2H3. The minimum absolute atomic E-state index is 0.692. The lowest BCUT2D eigenvalue weighted by molar-refractivity contribution is 0.333. The molecule has 3 nitrogen and oxygen atoms in total. The molecule has 0 saturated carbocycles. The van der Waals surface area contributed by atoms with E-state index in [0.717, 1.165) is 39.1 Å². The lowest BCUT2D eigenvalue weighted by atomic mass is 10.4. The van der Waals surface area contributed by atoms with E-state index in [1.807, 2.05) is 0 Å². The van der Waals surface area contributed by atoms with Gasteiger partial charge in [-0.1, -0.05) is 13.8 Å². The van der Waals surface area contributed by atoms with Gasteiger partial charge in [0, 0.05) is 13.2 Å². The van der Waals surface area contributed by atoms with E-state index in [0.29, 0.717) is 19.5 Å². The van der Waals surface area contributed by atoms with Gasteiger partial charge in [-0.25, -0.2) is 0 Å². The van der Waals surface area contributed by atoms with Crippen molar-refractivity contribution >= 4 is 19.5 Å². The fourth-order valence-electron chi connectivity index (χ4n) is 1.19. The summed E-state index contributed by atoms with van der Waals surface area (Å²) in [5.41, 5.74) is 0. The summed E-state index contributed by atoms with van der Waals surface area (Å²) in [6.45, 7) is 8.39. The molecule has 0 aliphatic heterocycles. The van der Waals surface area contributed by atoms with Crippen molar-refractivity contribution in [3.8, 4) is 0 Å². The molecule has 4 radical (unpaired) electrons. The van der Waals surface area contributed by atoms with E-state index in [1.165, 1.54) is 24.9 Å². The van der Waals surface area contributed by atoms with Gasteiger partial charge >= 0.3 is 0 Å². The molecule has 0 bridgehead atoms. The Kier molecular flexibility index (Phi) is 16.6. The number of rotatable bonds is 14. The third-order valence-corrected chi connectivity index (χ3v) is 4.01. The fourth-order valence-corrected chi connectivity index (χ4v) is 2.82. The Bertz CT molecular complexity index is 126. The molecule has 0 aromatic rings. The van der Waals surface area contributed by atoms with Gasteiger partial charge in [-0.05, 0) is 50.9 Å². The van der Waals surface area contributed by atoms with Crippen LogP contribution in [0.2, 0.25) is 12.1 Å². The van der Waals surface area contributed by atoms with E-state index in [4.69, 9.17) is 8.85 Å². The van der Waals surface area contributed by atoms with Gasteiger partial charge in [0.1, 0.15) is 0 Å².